The van der Waals surface area contributed by atoms with E-state index in [-0.39, 0.29) is 17.5 Å². The van der Waals surface area contributed by atoms with Crippen molar-refractivity contribution in [1.82, 2.24) is 35.0 Å². The Balaban J connectivity index is 1.19. The van der Waals surface area contributed by atoms with E-state index in [1.165, 1.54) is 10.1 Å². The Morgan fingerprint density at radius 2 is 2.09 bits per heavy atom. The number of benzene rings is 2. The van der Waals surface area contributed by atoms with Gasteiger partial charge in [-0.1, -0.05) is 18.2 Å². The number of imidazole rings is 1. The second-order valence-corrected chi connectivity index (χ2v) is 8.46. The van der Waals surface area contributed by atoms with Gasteiger partial charge in [0.25, 0.3) is 5.91 Å². The van der Waals surface area contributed by atoms with Gasteiger partial charge in [0, 0.05) is 37.3 Å². The van der Waals surface area contributed by atoms with Crippen molar-refractivity contribution < 1.29 is 4.79 Å². The molecule has 10 nitrogen and oxygen atoms in total. The maximum absolute atomic E-state index is 12.8. The first-order valence-corrected chi connectivity index (χ1v) is 11.1. The van der Waals surface area contributed by atoms with Crippen LogP contribution in [0.2, 0.25) is 0 Å². The Kier molecular flexibility index (Phi) is 4.65. The van der Waals surface area contributed by atoms with Crippen LogP contribution < -0.4 is 15.9 Å². The molecule has 1 aliphatic heterocycles. The lowest BCUT2D eigenvalue weighted by Gasteiger charge is -2.19. The standard InChI is InChI=1S/C24H22N8O2/c1-31-20-10-14(6-7-18(20)29-24(31)34)23(33)25-9-8-15-12-32(19-5-3-2-4-16(15)19)22-17-11-28-30-21(17)26-13-27-22/h2-7,10-11,13,15H,8-9,12H2,1H3,(H,25,33)(H,29,34)(H,26,27,28,30). The highest BCUT2D eigenvalue weighted by Gasteiger charge is 2.31. The monoisotopic (exact) mass is 454 g/mol. The molecule has 3 aromatic heterocycles. The molecular weight excluding hydrogens is 432 g/mol. The summed E-state index contributed by atoms with van der Waals surface area (Å²) in [6.07, 6.45) is 4.07. The van der Waals surface area contributed by atoms with Crippen LogP contribution in [0.4, 0.5) is 11.5 Å². The highest BCUT2D eigenvalue weighted by atomic mass is 16.2. The second kappa shape index (κ2) is 7.84. The summed E-state index contributed by atoms with van der Waals surface area (Å²) < 4.78 is 1.50. The summed E-state index contributed by atoms with van der Waals surface area (Å²) in [6.45, 7) is 1.28. The zero-order valence-corrected chi connectivity index (χ0v) is 18.4. The maximum Gasteiger partial charge on any atom is 0.326 e. The fourth-order valence-electron chi connectivity index (χ4n) is 4.74. The summed E-state index contributed by atoms with van der Waals surface area (Å²) >= 11 is 0. The van der Waals surface area contributed by atoms with Gasteiger partial charge in [-0.3, -0.25) is 14.5 Å². The van der Waals surface area contributed by atoms with E-state index in [2.05, 4.69) is 47.5 Å². The summed E-state index contributed by atoms with van der Waals surface area (Å²) in [6, 6.07) is 13.5. The Morgan fingerprint density at radius 1 is 1.21 bits per heavy atom. The van der Waals surface area contributed by atoms with Gasteiger partial charge < -0.3 is 15.2 Å². The number of fused-ring (bicyclic) bond motifs is 3. The average Bonchev–Trinajstić information content (AvgIpc) is 3.55. The number of aromatic amines is 2. The molecule has 2 aromatic carbocycles. The number of anilines is 2. The average molecular weight is 454 g/mol. The van der Waals surface area contributed by atoms with E-state index in [4.69, 9.17) is 0 Å². The lowest BCUT2D eigenvalue weighted by atomic mass is 9.98. The van der Waals surface area contributed by atoms with Crippen LogP contribution in [-0.4, -0.2) is 48.7 Å². The molecule has 1 aliphatic rings. The molecule has 1 amide bonds. The van der Waals surface area contributed by atoms with Crippen LogP contribution in [0.3, 0.4) is 0 Å². The first kappa shape index (κ1) is 20.2. The highest BCUT2D eigenvalue weighted by molar-refractivity contribution is 5.97. The molecule has 170 valence electrons. The number of carbonyl (C=O) groups excluding carboxylic acids is 1. The number of H-pyrrole nitrogens is 2. The van der Waals surface area contributed by atoms with Crippen molar-refractivity contribution in [3.63, 3.8) is 0 Å². The Morgan fingerprint density at radius 3 is 3.00 bits per heavy atom. The second-order valence-electron chi connectivity index (χ2n) is 8.46. The van der Waals surface area contributed by atoms with Crippen molar-refractivity contribution in [3.8, 4) is 0 Å². The summed E-state index contributed by atoms with van der Waals surface area (Å²) in [5, 5.41) is 10.9. The van der Waals surface area contributed by atoms with Crippen molar-refractivity contribution >= 4 is 39.5 Å². The predicted molar refractivity (Wildman–Crippen MR) is 128 cm³/mol. The van der Waals surface area contributed by atoms with E-state index in [9.17, 15) is 9.59 Å². The van der Waals surface area contributed by atoms with Crippen LogP contribution in [0, 0.1) is 0 Å². The first-order chi connectivity index (χ1) is 16.6. The summed E-state index contributed by atoms with van der Waals surface area (Å²) in [7, 11) is 1.68. The zero-order valence-electron chi connectivity index (χ0n) is 18.4. The van der Waals surface area contributed by atoms with E-state index in [0.29, 0.717) is 28.8 Å². The fourth-order valence-corrected chi connectivity index (χ4v) is 4.74. The van der Waals surface area contributed by atoms with E-state index >= 15 is 0 Å². The third-order valence-electron chi connectivity index (χ3n) is 6.50. The predicted octanol–water partition coefficient (Wildman–Crippen LogP) is 2.59. The summed E-state index contributed by atoms with van der Waals surface area (Å²) in [4.78, 5) is 38.3. The fraction of sp³-hybridized carbons (Fsp3) is 0.208. The molecular formula is C24H22N8O2. The van der Waals surface area contributed by atoms with Crippen molar-refractivity contribution in [3.05, 3.63) is 76.6 Å². The molecule has 3 N–H and O–H groups in total. The molecule has 1 unspecified atom stereocenters. The van der Waals surface area contributed by atoms with E-state index in [1.54, 1.807) is 37.8 Å². The molecule has 0 fully saturated rings. The van der Waals surface area contributed by atoms with Crippen LogP contribution in [0.25, 0.3) is 22.1 Å². The van der Waals surface area contributed by atoms with Gasteiger partial charge in [-0.2, -0.15) is 5.10 Å². The Hall–Kier alpha value is -4.47. The first-order valence-electron chi connectivity index (χ1n) is 11.1. The molecule has 0 bridgehead atoms. The number of aryl methyl sites for hydroxylation is 1. The molecule has 10 heteroatoms. The third-order valence-corrected chi connectivity index (χ3v) is 6.50. The smallest absolute Gasteiger partial charge is 0.326 e. The van der Waals surface area contributed by atoms with E-state index in [0.717, 1.165) is 29.9 Å². The maximum atomic E-state index is 12.8. The normalized spacial score (nSPS) is 15.2. The van der Waals surface area contributed by atoms with Crippen molar-refractivity contribution in [2.24, 2.45) is 7.05 Å². The molecule has 0 saturated carbocycles. The van der Waals surface area contributed by atoms with Gasteiger partial charge in [0.15, 0.2) is 5.65 Å². The number of para-hydroxylation sites is 1. The van der Waals surface area contributed by atoms with Crippen LogP contribution in [0.15, 0.2) is 59.8 Å². The third kappa shape index (κ3) is 3.22. The van der Waals surface area contributed by atoms with Gasteiger partial charge in [0.05, 0.1) is 22.6 Å². The number of nitrogens with zero attached hydrogens (tertiary/aromatic N) is 5. The van der Waals surface area contributed by atoms with Gasteiger partial charge in [-0.25, -0.2) is 14.8 Å². The van der Waals surface area contributed by atoms with Gasteiger partial charge in [0.1, 0.15) is 12.1 Å². The molecule has 1 atom stereocenters. The van der Waals surface area contributed by atoms with Crippen LogP contribution in [-0.2, 0) is 7.05 Å². The van der Waals surface area contributed by atoms with Crippen LogP contribution in [0.5, 0.6) is 0 Å². The number of nitrogens with one attached hydrogen (secondary N) is 3. The zero-order chi connectivity index (χ0) is 23.2. The van der Waals surface area contributed by atoms with Gasteiger partial charge >= 0.3 is 5.69 Å². The number of rotatable bonds is 5. The van der Waals surface area contributed by atoms with Gasteiger partial charge in [0.2, 0.25) is 0 Å². The summed E-state index contributed by atoms with van der Waals surface area (Å²) in [5.41, 5.74) is 4.79. The minimum Gasteiger partial charge on any atom is -0.352 e. The molecule has 0 radical (unpaired) electrons. The Bertz CT molecular complexity index is 1600. The van der Waals surface area contributed by atoms with E-state index < -0.39 is 0 Å². The number of aromatic nitrogens is 6. The van der Waals surface area contributed by atoms with Gasteiger partial charge in [-0.15, -0.1) is 0 Å². The SMILES string of the molecule is Cn1c(=O)[nH]c2ccc(C(=O)NCCC3CN(c4ncnc5[nH]ncc45)c4ccccc43)cc21. The van der Waals surface area contributed by atoms with E-state index in [1.807, 2.05) is 12.1 Å². The molecule has 4 heterocycles. The van der Waals surface area contributed by atoms with Crippen molar-refractivity contribution in [2.75, 3.05) is 18.0 Å². The largest absolute Gasteiger partial charge is 0.352 e. The number of hydrogen-bond donors (Lipinski definition) is 3. The minimum absolute atomic E-state index is 0.158. The number of hydrogen-bond acceptors (Lipinski definition) is 6. The molecule has 34 heavy (non-hydrogen) atoms. The Labute approximate surface area is 193 Å². The van der Waals surface area contributed by atoms with Crippen LogP contribution in [0.1, 0.15) is 28.3 Å². The molecule has 5 aromatic rings. The number of carbonyl (C=O) groups is 1. The highest BCUT2D eigenvalue weighted by Crippen LogP contribution is 2.42. The lowest BCUT2D eigenvalue weighted by Crippen LogP contribution is -2.26. The molecule has 0 saturated heterocycles. The van der Waals surface area contributed by atoms with Crippen molar-refractivity contribution in [1.29, 1.82) is 0 Å². The quantitative estimate of drug-likeness (QED) is 0.375. The summed E-state index contributed by atoms with van der Waals surface area (Å²) in [5.74, 6) is 0.902. The molecule has 6 rings (SSSR count). The minimum atomic E-state index is -0.201. The van der Waals surface area contributed by atoms with Crippen LogP contribution >= 0.6 is 0 Å². The molecule has 0 spiro atoms. The number of amides is 1. The lowest BCUT2D eigenvalue weighted by molar-refractivity contribution is 0.0952. The molecule has 0 aliphatic carbocycles. The van der Waals surface area contributed by atoms with Crippen molar-refractivity contribution in [2.45, 2.75) is 12.3 Å². The van der Waals surface area contributed by atoms with Gasteiger partial charge in [-0.05, 0) is 36.2 Å². The topological polar surface area (TPSA) is 125 Å².